The molecule has 0 saturated heterocycles. The molecule has 19 heavy (non-hydrogen) atoms. The number of hydrogen-bond donors (Lipinski definition) is 1. The van der Waals surface area contributed by atoms with Crippen molar-refractivity contribution in [2.75, 3.05) is 11.9 Å². The van der Waals surface area contributed by atoms with Gasteiger partial charge in [0.25, 0.3) is 0 Å². The van der Waals surface area contributed by atoms with Crippen molar-refractivity contribution in [1.29, 1.82) is 0 Å². The number of carbonyl (C=O) groups is 1. The van der Waals surface area contributed by atoms with Crippen LogP contribution < -0.4 is 5.32 Å². The summed E-state index contributed by atoms with van der Waals surface area (Å²) in [6.07, 6.45) is 1.18. The molecule has 2 rings (SSSR count). The molecule has 2 heterocycles. The zero-order valence-corrected chi connectivity index (χ0v) is 11.2. The van der Waals surface area contributed by atoms with Crippen LogP contribution in [0.1, 0.15) is 27.9 Å². The van der Waals surface area contributed by atoms with Gasteiger partial charge in [-0.2, -0.15) is 4.98 Å². The highest BCUT2D eigenvalue weighted by Gasteiger charge is 2.11. The van der Waals surface area contributed by atoms with Crippen LogP contribution in [0.15, 0.2) is 4.52 Å². The fourth-order valence-electron chi connectivity index (χ4n) is 1.52. The number of aldehydes is 1. The third kappa shape index (κ3) is 3.25. The molecule has 8 heteroatoms. The number of nitrogens with one attached hydrogen (secondary N) is 1. The van der Waals surface area contributed by atoms with Gasteiger partial charge in [-0.3, -0.25) is 4.79 Å². The molecule has 0 unspecified atom stereocenters. The van der Waals surface area contributed by atoms with E-state index in [0.29, 0.717) is 42.6 Å². The van der Waals surface area contributed by atoms with E-state index in [9.17, 15) is 4.79 Å². The summed E-state index contributed by atoms with van der Waals surface area (Å²) in [6.45, 7) is 3.93. The molecule has 0 aliphatic rings. The molecule has 0 bridgehead atoms. The predicted molar refractivity (Wildman–Crippen MR) is 68.4 cm³/mol. The molecule has 0 fully saturated rings. The quantitative estimate of drug-likeness (QED) is 0.657. The maximum atomic E-state index is 11.0. The number of aryl methyl sites for hydroxylation is 2. The second-order valence-corrected chi connectivity index (χ2v) is 4.21. The molecule has 7 nitrogen and oxygen atoms in total. The van der Waals surface area contributed by atoms with Crippen LogP contribution in [0.3, 0.4) is 0 Å². The summed E-state index contributed by atoms with van der Waals surface area (Å²) in [4.78, 5) is 23.1. The number of hydrogen-bond acceptors (Lipinski definition) is 7. The average molecular weight is 282 g/mol. The highest BCUT2D eigenvalue weighted by atomic mass is 35.5. The van der Waals surface area contributed by atoms with Crippen LogP contribution >= 0.6 is 11.6 Å². The summed E-state index contributed by atoms with van der Waals surface area (Å²) < 4.78 is 4.86. The summed E-state index contributed by atoms with van der Waals surface area (Å²) in [6, 6.07) is 0. The van der Waals surface area contributed by atoms with Crippen LogP contribution in [0.2, 0.25) is 5.15 Å². The second kappa shape index (κ2) is 5.75. The number of aromatic nitrogens is 4. The van der Waals surface area contributed by atoms with Crippen molar-refractivity contribution in [3.05, 3.63) is 28.3 Å². The van der Waals surface area contributed by atoms with Gasteiger partial charge in [-0.1, -0.05) is 16.8 Å². The first-order valence-electron chi connectivity index (χ1n) is 5.62. The van der Waals surface area contributed by atoms with Crippen LogP contribution in [0.25, 0.3) is 0 Å². The van der Waals surface area contributed by atoms with Crippen molar-refractivity contribution in [2.45, 2.75) is 20.3 Å². The highest BCUT2D eigenvalue weighted by molar-refractivity contribution is 6.32. The lowest BCUT2D eigenvalue weighted by Gasteiger charge is -2.08. The monoisotopic (exact) mass is 281 g/mol. The molecule has 0 saturated carbocycles. The normalized spacial score (nSPS) is 10.5. The topological polar surface area (TPSA) is 93.8 Å². The van der Waals surface area contributed by atoms with E-state index >= 15 is 0 Å². The van der Waals surface area contributed by atoms with Crippen LogP contribution in [-0.2, 0) is 6.42 Å². The van der Waals surface area contributed by atoms with Crippen LogP contribution in [0.4, 0.5) is 5.82 Å². The lowest BCUT2D eigenvalue weighted by molar-refractivity contribution is 0.112. The van der Waals surface area contributed by atoms with Gasteiger partial charge in [0.2, 0.25) is 5.89 Å². The Morgan fingerprint density at radius 3 is 2.74 bits per heavy atom. The molecule has 100 valence electrons. The average Bonchev–Trinajstić information content (AvgIpc) is 2.74. The van der Waals surface area contributed by atoms with E-state index in [1.165, 1.54) is 0 Å². The van der Waals surface area contributed by atoms with E-state index < -0.39 is 0 Å². The fourth-order valence-corrected chi connectivity index (χ4v) is 1.78. The maximum absolute atomic E-state index is 11.0. The first-order chi connectivity index (χ1) is 9.10. The van der Waals surface area contributed by atoms with Gasteiger partial charge in [-0.05, 0) is 6.92 Å². The summed E-state index contributed by atoms with van der Waals surface area (Å²) in [5, 5.41) is 6.92. The summed E-state index contributed by atoms with van der Waals surface area (Å²) in [7, 11) is 0. The Labute approximate surface area is 114 Å². The number of carbonyl (C=O) groups excluding carboxylic acids is 1. The van der Waals surface area contributed by atoms with Crippen molar-refractivity contribution >= 4 is 23.7 Å². The lowest BCUT2D eigenvalue weighted by atomic mass is 10.3. The fraction of sp³-hybridized carbons (Fsp3) is 0.364. The molecule has 1 N–H and O–H groups in total. The Morgan fingerprint density at radius 1 is 1.32 bits per heavy atom. The Balaban J connectivity index is 2.05. The zero-order valence-electron chi connectivity index (χ0n) is 10.5. The smallest absolute Gasteiger partial charge is 0.223 e. The van der Waals surface area contributed by atoms with Gasteiger partial charge in [-0.25, -0.2) is 9.97 Å². The molecule has 0 amide bonds. The first-order valence-corrected chi connectivity index (χ1v) is 6.00. The molecular weight excluding hydrogens is 270 g/mol. The second-order valence-electron chi connectivity index (χ2n) is 3.85. The summed E-state index contributed by atoms with van der Waals surface area (Å²) in [5.41, 5.74) is 0.247. The number of anilines is 1. The molecule has 0 aliphatic heterocycles. The van der Waals surface area contributed by atoms with Gasteiger partial charge < -0.3 is 9.84 Å². The molecule has 2 aromatic heterocycles. The Kier molecular flexibility index (Phi) is 4.06. The minimum absolute atomic E-state index is 0.139. The minimum Gasteiger partial charge on any atom is -0.369 e. The lowest BCUT2D eigenvalue weighted by Crippen LogP contribution is -2.11. The van der Waals surface area contributed by atoms with Crippen LogP contribution in [0, 0.1) is 13.8 Å². The molecule has 0 spiro atoms. The minimum atomic E-state index is 0.139. The zero-order chi connectivity index (χ0) is 13.8. The van der Waals surface area contributed by atoms with E-state index in [2.05, 4.69) is 25.4 Å². The maximum Gasteiger partial charge on any atom is 0.223 e. The van der Waals surface area contributed by atoms with Crippen molar-refractivity contribution in [2.24, 2.45) is 0 Å². The Morgan fingerprint density at radius 2 is 2.11 bits per heavy atom. The third-order valence-corrected chi connectivity index (χ3v) is 2.63. The van der Waals surface area contributed by atoms with E-state index in [1.807, 2.05) is 0 Å². The Hall–Kier alpha value is -2.02. The standard InChI is InChI=1S/C11H12ClN5O2/c1-6-14-10(12)8(5-18)11(15-6)13-4-3-9-16-7(2)19-17-9/h5H,3-4H2,1-2H3,(H,13,14,15). The van der Waals surface area contributed by atoms with Gasteiger partial charge in [-0.15, -0.1) is 0 Å². The first kappa shape index (κ1) is 13.4. The molecule has 0 aromatic carbocycles. The Bertz CT molecular complexity index is 599. The van der Waals surface area contributed by atoms with Crippen LogP contribution in [0.5, 0.6) is 0 Å². The van der Waals surface area contributed by atoms with Crippen molar-refractivity contribution in [1.82, 2.24) is 20.1 Å². The van der Waals surface area contributed by atoms with Crippen molar-refractivity contribution in [3.8, 4) is 0 Å². The van der Waals surface area contributed by atoms with E-state index in [0.717, 1.165) is 0 Å². The van der Waals surface area contributed by atoms with Gasteiger partial charge >= 0.3 is 0 Å². The van der Waals surface area contributed by atoms with Crippen molar-refractivity contribution < 1.29 is 9.32 Å². The van der Waals surface area contributed by atoms with Gasteiger partial charge in [0.15, 0.2) is 12.1 Å². The van der Waals surface area contributed by atoms with E-state index in [-0.39, 0.29) is 10.7 Å². The molecule has 0 atom stereocenters. The van der Waals surface area contributed by atoms with E-state index in [4.69, 9.17) is 16.1 Å². The molecular formula is C11H12ClN5O2. The van der Waals surface area contributed by atoms with Crippen molar-refractivity contribution in [3.63, 3.8) is 0 Å². The summed E-state index contributed by atoms with van der Waals surface area (Å²) >= 11 is 5.87. The van der Waals surface area contributed by atoms with Crippen LogP contribution in [-0.4, -0.2) is 32.9 Å². The molecule has 0 aliphatic carbocycles. The number of halogens is 1. The number of rotatable bonds is 5. The predicted octanol–water partition coefficient (Wildman–Crippen LogP) is 1.60. The summed E-state index contributed by atoms with van der Waals surface area (Å²) in [5.74, 6) is 2.01. The SMILES string of the molecule is Cc1nc(Cl)c(C=O)c(NCCc2noc(C)n2)n1. The highest BCUT2D eigenvalue weighted by Crippen LogP contribution is 2.18. The van der Waals surface area contributed by atoms with E-state index in [1.54, 1.807) is 13.8 Å². The molecule has 2 aromatic rings. The van der Waals surface area contributed by atoms with Gasteiger partial charge in [0.05, 0.1) is 5.56 Å². The molecule has 0 radical (unpaired) electrons. The third-order valence-electron chi connectivity index (χ3n) is 2.34. The van der Waals surface area contributed by atoms with Gasteiger partial charge in [0, 0.05) is 19.9 Å². The number of nitrogens with zero attached hydrogens (tertiary/aromatic N) is 4. The van der Waals surface area contributed by atoms with Gasteiger partial charge in [0.1, 0.15) is 16.8 Å². The largest absolute Gasteiger partial charge is 0.369 e.